The highest BCUT2D eigenvalue weighted by Crippen LogP contribution is 2.27. The first kappa shape index (κ1) is 12.3. The fraction of sp³-hybridized carbons (Fsp3) is 0.385. The number of halogens is 1. The summed E-state index contributed by atoms with van der Waals surface area (Å²) in [5, 5.41) is 4.45. The molecule has 0 saturated heterocycles. The van der Waals surface area contributed by atoms with E-state index < -0.39 is 0 Å². The first-order chi connectivity index (χ1) is 9.24. The van der Waals surface area contributed by atoms with Gasteiger partial charge in [-0.05, 0) is 30.9 Å². The quantitative estimate of drug-likeness (QED) is 0.934. The molecule has 2 heterocycles. The molecule has 0 spiro atoms. The molecule has 1 fully saturated rings. The van der Waals surface area contributed by atoms with Crippen molar-refractivity contribution in [2.75, 3.05) is 5.43 Å². The van der Waals surface area contributed by atoms with Gasteiger partial charge in [0.1, 0.15) is 5.69 Å². The van der Waals surface area contributed by atoms with Crippen LogP contribution in [0.3, 0.4) is 0 Å². The van der Waals surface area contributed by atoms with Crippen molar-refractivity contribution in [2.45, 2.75) is 25.8 Å². The molecule has 0 radical (unpaired) electrons. The van der Waals surface area contributed by atoms with Crippen molar-refractivity contribution >= 4 is 17.3 Å². The fourth-order valence-electron chi connectivity index (χ4n) is 2.16. The molecule has 1 saturated carbocycles. The lowest BCUT2D eigenvalue weighted by atomic mass is 9.85. The van der Waals surface area contributed by atoms with E-state index in [0.717, 1.165) is 0 Å². The zero-order chi connectivity index (χ0) is 13.2. The Kier molecular flexibility index (Phi) is 3.29. The molecule has 1 aliphatic carbocycles. The second kappa shape index (κ2) is 5.09. The number of rotatable bonds is 4. The second-order valence-corrected chi connectivity index (χ2v) is 5.26. The van der Waals surface area contributed by atoms with Crippen LogP contribution in [0.2, 0.25) is 5.02 Å². The first-order valence-electron chi connectivity index (χ1n) is 6.39. The second-order valence-electron chi connectivity index (χ2n) is 4.85. The Morgan fingerprint density at radius 3 is 2.74 bits per heavy atom. The summed E-state index contributed by atoms with van der Waals surface area (Å²) in [6, 6.07) is 3.74. The van der Waals surface area contributed by atoms with Gasteiger partial charge < -0.3 is 0 Å². The summed E-state index contributed by atoms with van der Waals surface area (Å²) >= 11 is 6.05. The van der Waals surface area contributed by atoms with Crippen LogP contribution in [0, 0.1) is 5.92 Å². The van der Waals surface area contributed by atoms with Crippen LogP contribution >= 0.6 is 11.6 Å². The van der Waals surface area contributed by atoms with E-state index in [0.29, 0.717) is 23.2 Å². The summed E-state index contributed by atoms with van der Waals surface area (Å²) in [6.07, 6.45) is 8.75. The summed E-state index contributed by atoms with van der Waals surface area (Å²) in [5.74, 6) is 0.575. The van der Waals surface area contributed by atoms with Gasteiger partial charge in [0, 0.05) is 18.9 Å². The molecular weight excluding hydrogens is 264 g/mol. The van der Waals surface area contributed by atoms with E-state index in [2.05, 4.69) is 10.5 Å². The number of nitrogens with zero attached hydrogens (tertiary/aromatic N) is 3. The van der Waals surface area contributed by atoms with Crippen molar-refractivity contribution < 1.29 is 0 Å². The van der Waals surface area contributed by atoms with Gasteiger partial charge in [-0.1, -0.05) is 18.0 Å². The van der Waals surface area contributed by atoms with E-state index in [1.54, 1.807) is 4.68 Å². The standard InChI is InChI=1S/C13H15ClN4O/c14-11-8-15-18(9-10-4-3-5-10)13(19)12(11)16-17-6-1-2-7-17/h1-2,6-8,10,16H,3-5,9H2. The van der Waals surface area contributed by atoms with E-state index in [-0.39, 0.29) is 5.56 Å². The van der Waals surface area contributed by atoms with E-state index in [1.165, 1.54) is 30.1 Å². The Balaban J connectivity index is 1.89. The predicted molar refractivity (Wildman–Crippen MR) is 74.3 cm³/mol. The minimum atomic E-state index is -0.173. The van der Waals surface area contributed by atoms with Crippen LogP contribution in [-0.2, 0) is 6.54 Å². The van der Waals surface area contributed by atoms with Crippen LogP contribution < -0.4 is 11.0 Å². The van der Waals surface area contributed by atoms with Gasteiger partial charge >= 0.3 is 0 Å². The van der Waals surface area contributed by atoms with Crippen LogP contribution in [0.5, 0.6) is 0 Å². The van der Waals surface area contributed by atoms with Crippen molar-refractivity contribution in [2.24, 2.45) is 5.92 Å². The van der Waals surface area contributed by atoms with Crippen molar-refractivity contribution in [1.82, 2.24) is 14.5 Å². The molecule has 5 nitrogen and oxygen atoms in total. The van der Waals surface area contributed by atoms with E-state index >= 15 is 0 Å². The molecular formula is C13H15ClN4O. The minimum Gasteiger partial charge on any atom is -0.288 e. The van der Waals surface area contributed by atoms with Crippen LogP contribution in [-0.4, -0.2) is 14.5 Å². The Morgan fingerprint density at radius 2 is 2.11 bits per heavy atom. The maximum atomic E-state index is 12.3. The zero-order valence-corrected chi connectivity index (χ0v) is 11.2. The summed E-state index contributed by atoms with van der Waals surface area (Å²) in [4.78, 5) is 12.3. The lowest BCUT2D eigenvalue weighted by molar-refractivity contribution is 0.262. The third kappa shape index (κ3) is 2.51. The Bertz CT molecular complexity index is 616. The molecule has 0 aromatic carbocycles. The fourth-order valence-corrected chi connectivity index (χ4v) is 2.32. The average Bonchev–Trinajstić information content (AvgIpc) is 2.84. The van der Waals surface area contributed by atoms with Gasteiger partial charge in [-0.15, -0.1) is 0 Å². The number of hydrogen-bond donors (Lipinski definition) is 1. The highest BCUT2D eigenvalue weighted by Gasteiger charge is 2.20. The molecule has 19 heavy (non-hydrogen) atoms. The summed E-state index contributed by atoms with van der Waals surface area (Å²) in [6.45, 7) is 0.677. The molecule has 2 aromatic rings. The normalized spacial score (nSPS) is 15.2. The summed E-state index contributed by atoms with van der Waals surface area (Å²) in [5.41, 5.74) is 3.18. The third-order valence-corrected chi connectivity index (χ3v) is 3.79. The highest BCUT2D eigenvalue weighted by atomic mass is 35.5. The molecule has 100 valence electrons. The van der Waals surface area contributed by atoms with Gasteiger partial charge in [0.2, 0.25) is 0 Å². The Labute approximate surface area is 115 Å². The number of aromatic nitrogens is 3. The molecule has 6 heteroatoms. The number of hydrogen-bond acceptors (Lipinski definition) is 3. The highest BCUT2D eigenvalue weighted by molar-refractivity contribution is 6.32. The Morgan fingerprint density at radius 1 is 1.37 bits per heavy atom. The number of nitrogens with one attached hydrogen (secondary N) is 1. The van der Waals surface area contributed by atoms with Crippen LogP contribution in [0.4, 0.5) is 5.69 Å². The molecule has 0 unspecified atom stereocenters. The van der Waals surface area contributed by atoms with Crippen LogP contribution in [0.1, 0.15) is 19.3 Å². The molecule has 3 rings (SSSR count). The zero-order valence-electron chi connectivity index (χ0n) is 10.4. The minimum absolute atomic E-state index is 0.173. The largest absolute Gasteiger partial charge is 0.293 e. The first-order valence-corrected chi connectivity index (χ1v) is 6.77. The molecule has 2 aromatic heterocycles. The van der Waals surface area contributed by atoms with Crippen molar-refractivity contribution in [3.05, 3.63) is 46.1 Å². The monoisotopic (exact) mass is 278 g/mol. The topological polar surface area (TPSA) is 51.9 Å². The van der Waals surface area contributed by atoms with Gasteiger partial charge in [0.25, 0.3) is 5.56 Å². The molecule has 0 amide bonds. The third-order valence-electron chi connectivity index (χ3n) is 3.50. The van der Waals surface area contributed by atoms with Gasteiger partial charge in [0.15, 0.2) is 0 Å². The Hall–Kier alpha value is -1.75. The van der Waals surface area contributed by atoms with Gasteiger partial charge in [-0.2, -0.15) is 5.10 Å². The molecule has 1 aliphatic rings. The summed E-state index contributed by atoms with van der Waals surface area (Å²) < 4.78 is 3.19. The molecule has 0 bridgehead atoms. The van der Waals surface area contributed by atoms with Gasteiger partial charge in [0.05, 0.1) is 11.2 Å². The molecule has 0 atom stereocenters. The lowest BCUT2D eigenvalue weighted by Gasteiger charge is -2.25. The smallest absolute Gasteiger partial charge is 0.288 e. The maximum absolute atomic E-state index is 12.3. The molecule has 0 aliphatic heterocycles. The van der Waals surface area contributed by atoms with Crippen LogP contribution in [0.25, 0.3) is 0 Å². The van der Waals surface area contributed by atoms with Crippen molar-refractivity contribution in [1.29, 1.82) is 0 Å². The van der Waals surface area contributed by atoms with E-state index in [1.807, 2.05) is 24.5 Å². The number of anilines is 1. The average molecular weight is 279 g/mol. The molecule has 1 N–H and O–H groups in total. The SMILES string of the molecule is O=c1c(Nn2cccc2)c(Cl)cnn1CC1CCC1. The van der Waals surface area contributed by atoms with E-state index in [9.17, 15) is 4.79 Å². The lowest BCUT2D eigenvalue weighted by Crippen LogP contribution is -2.31. The maximum Gasteiger partial charge on any atom is 0.293 e. The van der Waals surface area contributed by atoms with Crippen molar-refractivity contribution in [3.8, 4) is 0 Å². The summed E-state index contributed by atoms with van der Waals surface area (Å²) in [7, 11) is 0. The predicted octanol–water partition coefficient (Wildman–Crippen LogP) is 2.37. The van der Waals surface area contributed by atoms with Gasteiger partial charge in [-0.25, -0.2) is 4.68 Å². The van der Waals surface area contributed by atoms with E-state index in [4.69, 9.17) is 11.6 Å². The van der Waals surface area contributed by atoms with Crippen molar-refractivity contribution in [3.63, 3.8) is 0 Å². The van der Waals surface area contributed by atoms with Gasteiger partial charge in [-0.3, -0.25) is 14.9 Å². The van der Waals surface area contributed by atoms with Crippen LogP contribution in [0.15, 0.2) is 35.5 Å².